The molecule has 0 aromatic heterocycles. The second kappa shape index (κ2) is 7.79. The van der Waals surface area contributed by atoms with Crippen LogP contribution >= 0.6 is 15.9 Å². The van der Waals surface area contributed by atoms with E-state index < -0.39 is 21.9 Å². The monoisotopic (exact) mass is 452 g/mol. The molecule has 1 fully saturated rings. The molecule has 0 unspecified atom stereocenters. The van der Waals surface area contributed by atoms with E-state index in [2.05, 4.69) is 21.2 Å². The Hall–Kier alpha value is -2.23. The van der Waals surface area contributed by atoms with Gasteiger partial charge in [0.25, 0.3) is 5.91 Å². The Kier molecular flexibility index (Phi) is 5.64. The highest BCUT2D eigenvalue weighted by Crippen LogP contribution is 2.23. The summed E-state index contributed by atoms with van der Waals surface area (Å²) in [6.45, 7) is 1.01. The number of carboxylic acid groups (broad SMARTS) is 1. The molecular formula is C18H17BrN2O5S. The van der Waals surface area contributed by atoms with Gasteiger partial charge in [0.2, 0.25) is 10.0 Å². The van der Waals surface area contributed by atoms with Gasteiger partial charge in [-0.25, -0.2) is 13.2 Å². The molecule has 0 spiro atoms. The summed E-state index contributed by atoms with van der Waals surface area (Å²) >= 11 is 3.19. The quantitative estimate of drug-likeness (QED) is 0.724. The molecule has 0 radical (unpaired) electrons. The molecule has 0 aliphatic carbocycles. The Balaban J connectivity index is 1.80. The van der Waals surface area contributed by atoms with Crippen LogP contribution in [0.25, 0.3) is 0 Å². The lowest BCUT2D eigenvalue weighted by molar-refractivity contribution is 0.0698. The third kappa shape index (κ3) is 4.20. The van der Waals surface area contributed by atoms with E-state index in [1.807, 2.05) is 0 Å². The maximum absolute atomic E-state index is 12.5. The van der Waals surface area contributed by atoms with Crippen molar-refractivity contribution in [2.45, 2.75) is 17.7 Å². The highest BCUT2D eigenvalue weighted by molar-refractivity contribution is 9.10. The molecule has 1 heterocycles. The van der Waals surface area contributed by atoms with Gasteiger partial charge >= 0.3 is 5.97 Å². The fourth-order valence-corrected chi connectivity index (χ4v) is 4.73. The van der Waals surface area contributed by atoms with E-state index in [4.69, 9.17) is 0 Å². The number of sulfonamides is 1. The van der Waals surface area contributed by atoms with Gasteiger partial charge in [0.1, 0.15) is 0 Å². The number of halogens is 1. The zero-order valence-electron chi connectivity index (χ0n) is 14.2. The molecule has 0 bridgehead atoms. The normalized spacial score (nSPS) is 14.9. The molecule has 1 saturated heterocycles. The molecule has 2 aromatic carbocycles. The summed E-state index contributed by atoms with van der Waals surface area (Å²) in [6, 6.07) is 10.1. The standard InChI is InChI=1S/C18H17BrN2O5S/c19-13-5-8-16(15(11-13)18(23)24)20-17(22)12-3-6-14(7-4-12)27(25,26)21-9-1-2-10-21/h3-8,11H,1-2,9-10H2,(H,20,22)(H,23,24). The van der Waals surface area contributed by atoms with Crippen molar-refractivity contribution in [2.75, 3.05) is 18.4 Å². The lowest BCUT2D eigenvalue weighted by Crippen LogP contribution is -2.27. The predicted molar refractivity (Wildman–Crippen MR) is 103 cm³/mol. The van der Waals surface area contributed by atoms with Gasteiger partial charge < -0.3 is 10.4 Å². The number of anilines is 1. The first kappa shape index (κ1) is 19.5. The number of rotatable bonds is 5. The number of carbonyl (C=O) groups is 2. The number of amides is 1. The van der Waals surface area contributed by atoms with Crippen molar-refractivity contribution in [2.24, 2.45) is 0 Å². The van der Waals surface area contributed by atoms with Gasteiger partial charge in [-0.1, -0.05) is 15.9 Å². The number of aromatic carboxylic acids is 1. The van der Waals surface area contributed by atoms with Gasteiger partial charge in [-0.3, -0.25) is 4.79 Å². The van der Waals surface area contributed by atoms with Crippen LogP contribution in [0.3, 0.4) is 0 Å². The van der Waals surface area contributed by atoms with E-state index >= 15 is 0 Å². The summed E-state index contributed by atoms with van der Waals surface area (Å²) in [5, 5.41) is 11.8. The third-order valence-electron chi connectivity index (χ3n) is 4.28. The van der Waals surface area contributed by atoms with Gasteiger partial charge in [-0.15, -0.1) is 0 Å². The van der Waals surface area contributed by atoms with Crippen molar-refractivity contribution in [3.63, 3.8) is 0 Å². The Morgan fingerprint density at radius 1 is 1.04 bits per heavy atom. The minimum Gasteiger partial charge on any atom is -0.478 e. The second-order valence-corrected chi connectivity index (χ2v) is 8.94. The van der Waals surface area contributed by atoms with Crippen LogP contribution in [0, 0.1) is 0 Å². The van der Waals surface area contributed by atoms with Crippen LogP contribution in [0.5, 0.6) is 0 Å². The molecule has 2 N–H and O–H groups in total. The number of hydrogen-bond acceptors (Lipinski definition) is 4. The number of nitrogens with zero attached hydrogens (tertiary/aromatic N) is 1. The number of carbonyl (C=O) groups excluding carboxylic acids is 1. The van der Waals surface area contributed by atoms with E-state index in [-0.39, 0.29) is 21.7 Å². The van der Waals surface area contributed by atoms with Crippen LogP contribution in [0.2, 0.25) is 0 Å². The summed E-state index contributed by atoms with van der Waals surface area (Å²) in [4.78, 5) is 23.9. The van der Waals surface area contributed by atoms with Crippen LogP contribution in [0.15, 0.2) is 51.8 Å². The van der Waals surface area contributed by atoms with Crippen LogP contribution in [0.4, 0.5) is 5.69 Å². The first-order valence-electron chi connectivity index (χ1n) is 8.23. The molecule has 27 heavy (non-hydrogen) atoms. The van der Waals surface area contributed by atoms with Crippen molar-refractivity contribution in [1.82, 2.24) is 4.31 Å². The SMILES string of the molecule is O=C(Nc1ccc(Br)cc1C(=O)O)c1ccc(S(=O)(=O)N2CCCC2)cc1. The van der Waals surface area contributed by atoms with Gasteiger partial charge in [0, 0.05) is 23.1 Å². The van der Waals surface area contributed by atoms with Crippen molar-refractivity contribution < 1.29 is 23.1 Å². The van der Waals surface area contributed by atoms with Gasteiger partial charge in [-0.05, 0) is 55.3 Å². The summed E-state index contributed by atoms with van der Waals surface area (Å²) < 4.78 is 27.0. The van der Waals surface area contributed by atoms with E-state index in [1.165, 1.54) is 40.7 Å². The Morgan fingerprint density at radius 2 is 1.67 bits per heavy atom. The molecule has 9 heteroatoms. The minimum absolute atomic E-state index is 0.0500. The summed E-state index contributed by atoms with van der Waals surface area (Å²) in [6.07, 6.45) is 1.69. The average molecular weight is 453 g/mol. The molecule has 142 valence electrons. The minimum atomic E-state index is -3.54. The van der Waals surface area contributed by atoms with E-state index in [0.29, 0.717) is 17.6 Å². The molecule has 1 aliphatic heterocycles. The number of benzene rings is 2. The molecule has 7 nitrogen and oxygen atoms in total. The van der Waals surface area contributed by atoms with Crippen LogP contribution in [-0.2, 0) is 10.0 Å². The second-order valence-electron chi connectivity index (χ2n) is 6.08. The van der Waals surface area contributed by atoms with E-state index in [1.54, 1.807) is 6.07 Å². The number of carboxylic acids is 1. The highest BCUT2D eigenvalue weighted by atomic mass is 79.9. The molecule has 0 saturated carbocycles. The molecule has 2 aromatic rings. The van der Waals surface area contributed by atoms with E-state index in [0.717, 1.165) is 12.8 Å². The predicted octanol–water partition coefficient (Wildman–Crippen LogP) is 3.18. The molecule has 3 rings (SSSR count). The maximum atomic E-state index is 12.5. The Bertz CT molecular complexity index is 983. The Labute approximate surface area is 165 Å². The summed E-state index contributed by atoms with van der Waals surface area (Å²) in [5.74, 6) is -1.69. The first-order valence-corrected chi connectivity index (χ1v) is 10.5. The topological polar surface area (TPSA) is 104 Å². The zero-order chi connectivity index (χ0) is 19.6. The van der Waals surface area contributed by atoms with Crippen LogP contribution in [0.1, 0.15) is 33.6 Å². The molecule has 0 atom stereocenters. The summed E-state index contributed by atoms with van der Waals surface area (Å²) in [5.41, 5.74) is 0.338. The van der Waals surface area contributed by atoms with E-state index in [9.17, 15) is 23.1 Å². The van der Waals surface area contributed by atoms with Gasteiger partial charge in [-0.2, -0.15) is 4.31 Å². The number of nitrogens with one attached hydrogen (secondary N) is 1. The van der Waals surface area contributed by atoms with Crippen molar-refractivity contribution in [1.29, 1.82) is 0 Å². The van der Waals surface area contributed by atoms with Crippen LogP contribution in [-0.4, -0.2) is 42.8 Å². The number of hydrogen-bond donors (Lipinski definition) is 2. The van der Waals surface area contributed by atoms with Gasteiger partial charge in [0.15, 0.2) is 0 Å². The van der Waals surface area contributed by atoms with Crippen molar-refractivity contribution >= 4 is 43.5 Å². The molecule has 1 aliphatic rings. The lowest BCUT2D eigenvalue weighted by Gasteiger charge is -2.15. The fraction of sp³-hybridized carbons (Fsp3) is 0.222. The molecular weight excluding hydrogens is 436 g/mol. The smallest absolute Gasteiger partial charge is 0.337 e. The Morgan fingerprint density at radius 3 is 2.26 bits per heavy atom. The van der Waals surface area contributed by atoms with Crippen molar-refractivity contribution in [3.05, 3.63) is 58.1 Å². The van der Waals surface area contributed by atoms with Gasteiger partial charge in [0.05, 0.1) is 16.1 Å². The van der Waals surface area contributed by atoms with Crippen LogP contribution < -0.4 is 5.32 Å². The zero-order valence-corrected chi connectivity index (χ0v) is 16.6. The molecule has 1 amide bonds. The van der Waals surface area contributed by atoms with Crippen molar-refractivity contribution in [3.8, 4) is 0 Å². The highest BCUT2D eigenvalue weighted by Gasteiger charge is 2.27. The third-order valence-corrected chi connectivity index (χ3v) is 6.69. The maximum Gasteiger partial charge on any atom is 0.337 e. The first-order chi connectivity index (χ1) is 12.8. The average Bonchev–Trinajstić information content (AvgIpc) is 3.18. The largest absolute Gasteiger partial charge is 0.478 e. The fourth-order valence-electron chi connectivity index (χ4n) is 2.85. The lowest BCUT2D eigenvalue weighted by atomic mass is 10.1. The summed E-state index contributed by atoms with van der Waals surface area (Å²) in [7, 11) is -3.54.